The van der Waals surface area contributed by atoms with E-state index in [1.807, 2.05) is 0 Å². The lowest BCUT2D eigenvalue weighted by Gasteiger charge is -1.84. The van der Waals surface area contributed by atoms with Crippen molar-refractivity contribution in [2.75, 3.05) is 25.0 Å². The Balaban J connectivity index is 0. The van der Waals surface area contributed by atoms with E-state index in [1.54, 1.807) is 0 Å². The second-order valence-electron chi connectivity index (χ2n) is 2.24. The molecule has 0 heterocycles. The van der Waals surface area contributed by atoms with Crippen LogP contribution in [0.3, 0.4) is 0 Å². The molecular formula is C8H18Cl2O2. The molecule has 0 aliphatic rings. The predicted octanol–water partition coefficient (Wildman–Crippen LogP) is 2.00. The molecule has 0 spiro atoms. The maximum atomic E-state index is 8.14. The van der Waals surface area contributed by atoms with Gasteiger partial charge in [-0.2, -0.15) is 0 Å². The summed E-state index contributed by atoms with van der Waals surface area (Å²) in [7, 11) is 0. The van der Waals surface area contributed by atoms with Gasteiger partial charge >= 0.3 is 0 Å². The zero-order valence-corrected chi connectivity index (χ0v) is 8.82. The molecule has 0 aromatic rings. The lowest BCUT2D eigenvalue weighted by atomic mass is 10.4. The predicted molar refractivity (Wildman–Crippen MR) is 54.1 cm³/mol. The van der Waals surface area contributed by atoms with Gasteiger partial charge in [-0.3, -0.25) is 0 Å². The van der Waals surface area contributed by atoms with Gasteiger partial charge in [-0.25, -0.2) is 0 Å². The highest BCUT2D eigenvalue weighted by Crippen LogP contribution is 1.88. The second-order valence-corrected chi connectivity index (χ2v) is 3.00. The quantitative estimate of drug-likeness (QED) is 0.527. The maximum Gasteiger partial charge on any atom is 0.0431 e. The Labute approximate surface area is 84.5 Å². The van der Waals surface area contributed by atoms with Gasteiger partial charge in [0.25, 0.3) is 0 Å². The molecule has 0 fully saturated rings. The molecule has 0 amide bonds. The van der Waals surface area contributed by atoms with Gasteiger partial charge in [-0.05, 0) is 25.7 Å². The Morgan fingerprint density at radius 1 is 0.667 bits per heavy atom. The molecule has 76 valence electrons. The maximum absolute atomic E-state index is 8.14. The molecule has 12 heavy (non-hydrogen) atoms. The molecule has 4 heteroatoms. The highest BCUT2D eigenvalue weighted by atomic mass is 35.5. The van der Waals surface area contributed by atoms with E-state index in [2.05, 4.69) is 0 Å². The number of unbranched alkanes of at least 4 members (excludes halogenated alkanes) is 2. The second kappa shape index (κ2) is 17.5. The summed E-state index contributed by atoms with van der Waals surface area (Å²) in [5.74, 6) is 1.33. The summed E-state index contributed by atoms with van der Waals surface area (Å²) >= 11 is 10.5. The molecule has 0 unspecified atom stereocenters. The van der Waals surface area contributed by atoms with Gasteiger partial charge in [0, 0.05) is 25.0 Å². The number of aliphatic hydroxyl groups excluding tert-OH is 2. The highest BCUT2D eigenvalue weighted by molar-refractivity contribution is 6.18. The minimum Gasteiger partial charge on any atom is -0.396 e. The minimum absolute atomic E-state index is 0.271. The Hall–Kier alpha value is 0.500. The van der Waals surface area contributed by atoms with E-state index in [-0.39, 0.29) is 13.2 Å². The largest absolute Gasteiger partial charge is 0.396 e. The summed E-state index contributed by atoms with van der Waals surface area (Å²) in [4.78, 5) is 0. The van der Waals surface area contributed by atoms with Crippen LogP contribution in [-0.2, 0) is 0 Å². The van der Waals surface area contributed by atoms with Crippen molar-refractivity contribution < 1.29 is 10.2 Å². The average Bonchev–Trinajstić information content (AvgIpc) is 2.12. The smallest absolute Gasteiger partial charge is 0.0431 e. The molecule has 0 saturated carbocycles. The average molecular weight is 217 g/mol. The van der Waals surface area contributed by atoms with Gasteiger partial charge in [0.1, 0.15) is 0 Å². The first kappa shape index (κ1) is 15.0. The summed E-state index contributed by atoms with van der Waals surface area (Å²) in [6, 6.07) is 0. The van der Waals surface area contributed by atoms with Crippen LogP contribution in [-0.4, -0.2) is 35.2 Å². The molecule has 0 saturated heterocycles. The Morgan fingerprint density at radius 3 is 1.08 bits per heavy atom. The van der Waals surface area contributed by atoms with Crippen molar-refractivity contribution in [3.63, 3.8) is 0 Å². The Morgan fingerprint density at radius 2 is 1.00 bits per heavy atom. The van der Waals surface area contributed by atoms with E-state index < -0.39 is 0 Å². The van der Waals surface area contributed by atoms with Crippen molar-refractivity contribution in [1.29, 1.82) is 0 Å². The number of aliphatic hydroxyl groups is 2. The summed E-state index contributed by atoms with van der Waals surface area (Å²) in [6.07, 6.45) is 3.53. The molecule has 2 N–H and O–H groups in total. The lowest BCUT2D eigenvalue weighted by molar-refractivity contribution is 0.287. The molecule has 0 aromatic carbocycles. The number of halogens is 2. The zero-order chi connectivity index (χ0) is 9.66. The van der Waals surface area contributed by atoms with Gasteiger partial charge in [0.15, 0.2) is 0 Å². The van der Waals surface area contributed by atoms with Gasteiger partial charge in [0.05, 0.1) is 0 Å². The normalized spacial score (nSPS) is 9.00. The van der Waals surface area contributed by atoms with Crippen LogP contribution in [0.15, 0.2) is 0 Å². The molecule has 0 rings (SSSR count). The van der Waals surface area contributed by atoms with Crippen LogP contribution in [0.25, 0.3) is 0 Å². The molecule has 0 radical (unpaired) electrons. The van der Waals surface area contributed by atoms with Crippen LogP contribution in [0.5, 0.6) is 0 Å². The van der Waals surface area contributed by atoms with Crippen molar-refractivity contribution in [3.05, 3.63) is 0 Å². The minimum atomic E-state index is 0.271. The highest BCUT2D eigenvalue weighted by Gasteiger charge is 1.78. The number of alkyl halides is 2. The Kier molecular flexibility index (Phi) is 21.9. The topological polar surface area (TPSA) is 40.5 Å². The monoisotopic (exact) mass is 216 g/mol. The van der Waals surface area contributed by atoms with E-state index in [0.29, 0.717) is 11.8 Å². The molecule has 0 bridgehead atoms. The van der Waals surface area contributed by atoms with E-state index in [0.717, 1.165) is 25.7 Å². The first-order valence-electron chi connectivity index (χ1n) is 4.17. The van der Waals surface area contributed by atoms with Crippen LogP contribution in [0.1, 0.15) is 25.7 Å². The van der Waals surface area contributed by atoms with E-state index in [1.165, 1.54) is 0 Å². The molecule has 0 aliphatic heterocycles. The molecule has 0 aliphatic carbocycles. The third kappa shape index (κ3) is 22.4. The standard InChI is InChI=1S/2C4H9ClO/c2*5-3-1-2-4-6/h2*6H,1-4H2. The van der Waals surface area contributed by atoms with Crippen LogP contribution in [0.4, 0.5) is 0 Å². The zero-order valence-electron chi connectivity index (χ0n) is 7.31. The number of hydrogen-bond donors (Lipinski definition) is 2. The fourth-order valence-electron chi connectivity index (χ4n) is 0.413. The summed E-state index contributed by atoms with van der Waals surface area (Å²) in [5, 5.41) is 16.3. The van der Waals surface area contributed by atoms with Crippen molar-refractivity contribution >= 4 is 23.2 Å². The van der Waals surface area contributed by atoms with Gasteiger partial charge < -0.3 is 10.2 Å². The van der Waals surface area contributed by atoms with Gasteiger partial charge in [0.2, 0.25) is 0 Å². The van der Waals surface area contributed by atoms with Crippen molar-refractivity contribution in [1.82, 2.24) is 0 Å². The van der Waals surface area contributed by atoms with E-state index in [4.69, 9.17) is 33.4 Å². The molecule has 0 atom stereocenters. The summed E-state index contributed by atoms with van der Waals surface area (Å²) < 4.78 is 0. The first-order valence-corrected chi connectivity index (χ1v) is 5.24. The molecule has 0 aromatic heterocycles. The lowest BCUT2D eigenvalue weighted by Crippen LogP contribution is -1.81. The fourth-order valence-corrected chi connectivity index (χ4v) is 0.791. The van der Waals surface area contributed by atoms with Crippen molar-refractivity contribution in [3.8, 4) is 0 Å². The molecule has 2 nitrogen and oxygen atoms in total. The Bertz CT molecular complexity index is 47.0. The van der Waals surface area contributed by atoms with Crippen molar-refractivity contribution in [2.45, 2.75) is 25.7 Å². The van der Waals surface area contributed by atoms with E-state index in [9.17, 15) is 0 Å². The van der Waals surface area contributed by atoms with Crippen LogP contribution in [0, 0.1) is 0 Å². The first-order chi connectivity index (χ1) is 5.83. The van der Waals surface area contributed by atoms with Crippen LogP contribution in [0.2, 0.25) is 0 Å². The van der Waals surface area contributed by atoms with Crippen LogP contribution >= 0.6 is 23.2 Å². The third-order valence-corrected chi connectivity index (χ3v) is 1.62. The molecular weight excluding hydrogens is 199 g/mol. The third-order valence-electron chi connectivity index (χ3n) is 1.08. The number of rotatable bonds is 6. The fraction of sp³-hybridized carbons (Fsp3) is 1.00. The summed E-state index contributed by atoms with van der Waals surface area (Å²) in [6.45, 7) is 0.541. The van der Waals surface area contributed by atoms with E-state index >= 15 is 0 Å². The van der Waals surface area contributed by atoms with Gasteiger partial charge in [-0.1, -0.05) is 0 Å². The van der Waals surface area contributed by atoms with Gasteiger partial charge in [-0.15, -0.1) is 23.2 Å². The number of hydrogen-bond acceptors (Lipinski definition) is 2. The summed E-state index contributed by atoms with van der Waals surface area (Å²) in [5.41, 5.74) is 0. The SMILES string of the molecule is OCCCCCl.OCCCCCl. The van der Waals surface area contributed by atoms with Crippen molar-refractivity contribution in [2.24, 2.45) is 0 Å². The van der Waals surface area contributed by atoms with Crippen LogP contribution < -0.4 is 0 Å².